The molecular formula is C24H24ClN3O3S. The molecule has 0 atom stereocenters. The number of carbonyl (C=O) groups excluding carboxylic acids is 1. The largest absolute Gasteiger partial charge is 0.271 e. The first-order valence-electron chi connectivity index (χ1n) is 10.1. The van der Waals surface area contributed by atoms with Crippen LogP contribution in [0.15, 0.2) is 82.8 Å². The van der Waals surface area contributed by atoms with Gasteiger partial charge in [-0.3, -0.25) is 9.10 Å². The number of sulfonamides is 1. The number of halogens is 1. The Balaban J connectivity index is 1.82. The third kappa shape index (κ3) is 5.75. The lowest BCUT2D eigenvalue weighted by Crippen LogP contribution is -2.39. The number of aryl methyl sites for hydroxylation is 2. The number of amides is 1. The van der Waals surface area contributed by atoms with E-state index in [9.17, 15) is 13.2 Å². The zero-order valence-electron chi connectivity index (χ0n) is 17.8. The highest BCUT2D eigenvalue weighted by atomic mass is 35.5. The molecule has 3 rings (SSSR count). The third-order valence-electron chi connectivity index (χ3n) is 4.85. The van der Waals surface area contributed by atoms with Crippen molar-refractivity contribution in [3.63, 3.8) is 0 Å². The molecule has 0 saturated heterocycles. The first kappa shape index (κ1) is 23.5. The Hall–Kier alpha value is -3.16. The summed E-state index contributed by atoms with van der Waals surface area (Å²) < 4.78 is 27.6. The first-order valence-corrected chi connectivity index (χ1v) is 11.9. The molecule has 0 aliphatic rings. The van der Waals surface area contributed by atoms with E-state index in [4.69, 9.17) is 11.6 Å². The van der Waals surface area contributed by atoms with E-state index in [0.29, 0.717) is 10.7 Å². The molecular weight excluding hydrogens is 446 g/mol. The van der Waals surface area contributed by atoms with Gasteiger partial charge >= 0.3 is 0 Å². The van der Waals surface area contributed by atoms with E-state index in [1.165, 1.54) is 30.0 Å². The van der Waals surface area contributed by atoms with Crippen molar-refractivity contribution in [1.82, 2.24) is 5.43 Å². The van der Waals surface area contributed by atoms with Gasteiger partial charge in [0.2, 0.25) is 0 Å². The van der Waals surface area contributed by atoms with E-state index in [2.05, 4.69) is 17.5 Å². The molecule has 0 aliphatic heterocycles. The Labute approximate surface area is 193 Å². The Kier molecular flexibility index (Phi) is 7.66. The van der Waals surface area contributed by atoms with Crippen molar-refractivity contribution in [3.8, 4) is 0 Å². The lowest BCUT2D eigenvalue weighted by Gasteiger charge is -2.24. The van der Waals surface area contributed by atoms with Crippen LogP contribution in [0.1, 0.15) is 23.6 Å². The fourth-order valence-corrected chi connectivity index (χ4v) is 4.56. The third-order valence-corrected chi connectivity index (χ3v) is 7.05. The number of carbonyl (C=O) groups is 1. The fourth-order valence-electron chi connectivity index (χ4n) is 2.96. The quantitative estimate of drug-likeness (QED) is 0.388. The second-order valence-electron chi connectivity index (χ2n) is 7.15. The maximum absolute atomic E-state index is 13.3. The highest BCUT2D eigenvalue weighted by molar-refractivity contribution is 7.92. The van der Waals surface area contributed by atoms with Gasteiger partial charge in [0.25, 0.3) is 15.9 Å². The zero-order chi connectivity index (χ0) is 23.1. The van der Waals surface area contributed by atoms with E-state index in [1.807, 2.05) is 31.2 Å². The Morgan fingerprint density at radius 2 is 1.75 bits per heavy atom. The SMILES string of the molecule is CCc1ccc(/C=N/NC(=O)CN(c2ccc(C)c(Cl)c2)S(=O)(=O)c2ccccc2)cc1. The lowest BCUT2D eigenvalue weighted by atomic mass is 10.1. The monoisotopic (exact) mass is 469 g/mol. The standard InChI is InChI=1S/C24H24ClN3O3S/c1-3-19-10-12-20(13-11-19)16-26-27-24(29)17-28(21-14-9-18(2)23(25)15-21)32(30,31)22-7-5-4-6-8-22/h4-16H,3,17H2,1-2H3,(H,27,29)/b26-16+. The van der Waals surface area contributed by atoms with Gasteiger partial charge in [-0.15, -0.1) is 0 Å². The molecule has 3 aromatic rings. The van der Waals surface area contributed by atoms with Crippen molar-refractivity contribution in [2.75, 3.05) is 10.8 Å². The number of nitrogens with zero attached hydrogens (tertiary/aromatic N) is 2. The predicted octanol–water partition coefficient (Wildman–Crippen LogP) is 4.56. The second-order valence-corrected chi connectivity index (χ2v) is 9.42. The summed E-state index contributed by atoms with van der Waals surface area (Å²) in [5.41, 5.74) is 5.51. The number of hydrogen-bond acceptors (Lipinski definition) is 4. The lowest BCUT2D eigenvalue weighted by molar-refractivity contribution is -0.119. The van der Waals surface area contributed by atoms with E-state index in [0.717, 1.165) is 21.9 Å². The molecule has 0 heterocycles. The van der Waals surface area contributed by atoms with Gasteiger partial charge in [0, 0.05) is 5.02 Å². The summed E-state index contributed by atoms with van der Waals surface area (Å²) in [6.45, 7) is 3.43. The Morgan fingerprint density at radius 1 is 1.06 bits per heavy atom. The van der Waals surface area contributed by atoms with Gasteiger partial charge in [0.05, 0.1) is 16.8 Å². The highest BCUT2D eigenvalue weighted by Crippen LogP contribution is 2.27. The summed E-state index contributed by atoms with van der Waals surface area (Å²) in [6, 6.07) is 20.6. The van der Waals surface area contributed by atoms with Crippen LogP contribution in [0, 0.1) is 6.92 Å². The summed E-state index contributed by atoms with van der Waals surface area (Å²) in [7, 11) is -4.00. The molecule has 166 valence electrons. The first-order chi connectivity index (χ1) is 15.3. The molecule has 0 unspecified atom stereocenters. The Bertz CT molecular complexity index is 1210. The Morgan fingerprint density at radius 3 is 2.38 bits per heavy atom. The van der Waals surface area contributed by atoms with E-state index in [-0.39, 0.29) is 4.90 Å². The molecule has 0 bridgehead atoms. The van der Waals surface area contributed by atoms with Gasteiger partial charge in [0.15, 0.2) is 0 Å². The van der Waals surface area contributed by atoms with Crippen LogP contribution >= 0.6 is 11.6 Å². The number of nitrogens with one attached hydrogen (secondary N) is 1. The maximum Gasteiger partial charge on any atom is 0.264 e. The van der Waals surface area contributed by atoms with Crippen molar-refractivity contribution >= 4 is 39.4 Å². The molecule has 0 fully saturated rings. The van der Waals surface area contributed by atoms with Crippen LogP contribution in [-0.2, 0) is 21.2 Å². The van der Waals surface area contributed by atoms with Crippen molar-refractivity contribution in [3.05, 3.63) is 94.5 Å². The van der Waals surface area contributed by atoms with Gasteiger partial charge in [-0.1, -0.05) is 67.1 Å². The van der Waals surface area contributed by atoms with Crippen LogP contribution in [0.5, 0.6) is 0 Å². The summed E-state index contributed by atoms with van der Waals surface area (Å²) in [6.07, 6.45) is 2.44. The molecule has 6 nitrogen and oxygen atoms in total. The van der Waals surface area contributed by atoms with Crippen LogP contribution in [0.3, 0.4) is 0 Å². The predicted molar refractivity (Wildman–Crippen MR) is 129 cm³/mol. The van der Waals surface area contributed by atoms with Crippen LogP contribution in [0.2, 0.25) is 5.02 Å². The van der Waals surface area contributed by atoms with Gasteiger partial charge in [-0.25, -0.2) is 13.8 Å². The van der Waals surface area contributed by atoms with Crippen molar-refractivity contribution in [1.29, 1.82) is 0 Å². The van der Waals surface area contributed by atoms with Crippen LogP contribution in [0.25, 0.3) is 0 Å². The molecule has 8 heteroatoms. The summed E-state index contributed by atoms with van der Waals surface area (Å²) >= 11 is 6.22. The van der Waals surface area contributed by atoms with Crippen LogP contribution in [0.4, 0.5) is 5.69 Å². The number of rotatable bonds is 8. The van der Waals surface area contributed by atoms with Gasteiger partial charge in [0.1, 0.15) is 6.54 Å². The van der Waals surface area contributed by atoms with Gasteiger partial charge in [-0.05, 0) is 54.3 Å². The van der Waals surface area contributed by atoms with Crippen molar-refractivity contribution in [2.24, 2.45) is 5.10 Å². The molecule has 0 aliphatic carbocycles. The van der Waals surface area contributed by atoms with E-state index < -0.39 is 22.5 Å². The van der Waals surface area contributed by atoms with Crippen molar-refractivity contribution < 1.29 is 13.2 Å². The zero-order valence-corrected chi connectivity index (χ0v) is 19.4. The molecule has 0 aromatic heterocycles. The molecule has 32 heavy (non-hydrogen) atoms. The van der Waals surface area contributed by atoms with Crippen molar-refractivity contribution in [2.45, 2.75) is 25.2 Å². The number of hydrazone groups is 1. The molecule has 0 radical (unpaired) electrons. The summed E-state index contributed by atoms with van der Waals surface area (Å²) in [4.78, 5) is 12.7. The van der Waals surface area contributed by atoms with E-state index in [1.54, 1.807) is 30.3 Å². The molecule has 0 spiro atoms. The van der Waals surface area contributed by atoms with Gasteiger partial charge in [-0.2, -0.15) is 5.10 Å². The average Bonchev–Trinajstić information content (AvgIpc) is 2.80. The van der Waals surface area contributed by atoms with Gasteiger partial charge < -0.3 is 0 Å². The molecule has 1 amide bonds. The van der Waals surface area contributed by atoms with Crippen LogP contribution in [-0.4, -0.2) is 27.1 Å². The normalized spacial score (nSPS) is 11.5. The summed E-state index contributed by atoms with van der Waals surface area (Å²) in [5, 5.41) is 4.37. The fraction of sp³-hybridized carbons (Fsp3) is 0.167. The molecule has 3 aromatic carbocycles. The molecule has 1 N–H and O–H groups in total. The number of benzene rings is 3. The minimum absolute atomic E-state index is 0.0732. The average molecular weight is 470 g/mol. The molecule has 0 saturated carbocycles. The number of hydrogen-bond donors (Lipinski definition) is 1. The highest BCUT2D eigenvalue weighted by Gasteiger charge is 2.27. The minimum Gasteiger partial charge on any atom is -0.271 e. The topological polar surface area (TPSA) is 78.8 Å². The van der Waals surface area contributed by atoms with Crippen LogP contribution < -0.4 is 9.73 Å². The summed E-state index contributed by atoms with van der Waals surface area (Å²) in [5.74, 6) is -0.581. The minimum atomic E-state index is -4.00. The maximum atomic E-state index is 13.3. The number of anilines is 1. The second kappa shape index (κ2) is 10.4. The smallest absolute Gasteiger partial charge is 0.264 e. The van der Waals surface area contributed by atoms with E-state index >= 15 is 0 Å².